The van der Waals surface area contributed by atoms with Gasteiger partial charge in [0.05, 0.1) is 12.1 Å². The Labute approximate surface area is 211 Å². The van der Waals surface area contributed by atoms with Crippen LogP contribution in [0.1, 0.15) is 67.4 Å². The molecule has 0 heterocycles. The molecule has 7 nitrogen and oxygen atoms in total. The summed E-state index contributed by atoms with van der Waals surface area (Å²) in [5.41, 5.74) is 0.0994. The van der Waals surface area contributed by atoms with E-state index in [0.717, 1.165) is 12.0 Å². The standard InChI is InChI=1S/C28H45N3O4/c1-11-18(2)21(17-19(3)26(34)35)31(10)25(33)23(27(4,5)6)30-24(32)22(29-9)28(7,8)20-15-13-12-14-16-20/h12-18,21-23,29H,11H2,1-10H3,(H,30,32)(H,34,35)/t18?,21-,22?,23-/m1/s1. The molecular weight excluding hydrogens is 442 g/mol. The SMILES string of the molecule is CCC(C)[C@@H](C=C(C)C(=O)O)N(C)C(=O)[C@@H](NC(=O)C(NC)C(C)(C)c1ccccc1)C(C)(C)C. The zero-order valence-corrected chi connectivity index (χ0v) is 23.1. The van der Waals surface area contributed by atoms with Crippen LogP contribution >= 0.6 is 0 Å². The molecule has 0 fully saturated rings. The van der Waals surface area contributed by atoms with E-state index in [1.165, 1.54) is 6.92 Å². The third-order valence-electron chi connectivity index (χ3n) is 6.97. The van der Waals surface area contributed by atoms with E-state index >= 15 is 0 Å². The van der Waals surface area contributed by atoms with Crippen LogP contribution in [0, 0.1) is 11.3 Å². The fourth-order valence-electron chi connectivity index (χ4n) is 4.31. The molecule has 2 unspecified atom stereocenters. The lowest BCUT2D eigenvalue weighted by atomic mass is 9.76. The predicted molar refractivity (Wildman–Crippen MR) is 141 cm³/mol. The topological polar surface area (TPSA) is 98.7 Å². The molecule has 0 spiro atoms. The van der Waals surface area contributed by atoms with Crippen LogP contribution in [-0.4, -0.2) is 60.0 Å². The first kappa shape index (κ1) is 30.4. The minimum atomic E-state index is -1.01. The quantitative estimate of drug-likeness (QED) is 0.410. The third kappa shape index (κ3) is 7.66. The van der Waals surface area contributed by atoms with Crippen molar-refractivity contribution in [1.29, 1.82) is 0 Å². The first-order chi connectivity index (χ1) is 16.1. The first-order valence-corrected chi connectivity index (χ1v) is 12.3. The van der Waals surface area contributed by atoms with Crippen LogP contribution in [0.25, 0.3) is 0 Å². The average molecular weight is 488 g/mol. The Hall–Kier alpha value is -2.67. The van der Waals surface area contributed by atoms with Gasteiger partial charge in [-0.3, -0.25) is 9.59 Å². The van der Waals surface area contributed by atoms with Crippen LogP contribution in [0.15, 0.2) is 42.0 Å². The van der Waals surface area contributed by atoms with Gasteiger partial charge in [-0.05, 0) is 30.9 Å². The average Bonchev–Trinajstić information content (AvgIpc) is 2.79. The first-order valence-electron chi connectivity index (χ1n) is 12.3. The number of nitrogens with one attached hydrogen (secondary N) is 2. The molecule has 0 saturated carbocycles. The Bertz CT molecular complexity index is 903. The van der Waals surface area contributed by atoms with Crippen molar-refractivity contribution in [2.45, 2.75) is 85.4 Å². The molecule has 1 rings (SSSR count). The van der Waals surface area contributed by atoms with Crippen molar-refractivity contribution in [3.63, 3.8) is 0 Å². The highest BCUT2D eigenvalue weighted by molar-refractivity contribution is 5.91. The van der Waals surface area contributed by atoms with Gasteiger partial charge in [-0.1, -0.05) is 91.3 Å². The van der Waals surface area contributed by atoms with Gasteiger partial charge in [0.1, 0.15) is 6.04 Å². The lowest BCUT2D eigenvalue weighted by Gasteiger charge is -2.40. The normalized spacial score (nSPS) is 16.1. The maximum Gasteiger partial charge on any atom is 0.331 e. The van der Waals surface area contributed by atoms with Gasteiger partial charge < -0.3 is 20.6 Å². The fraction of sp³-hybridized carbons (Fsp3) is 0.607. The Balaban J connectivity index is 3.32. The maximum absolute atomic E-state index is 13.8. The Morgan fingerprint density at radius 3 is 2.03 bits per heavy atom. The second-order valence-electron chi connectivity index (χ2n) is 11.1. The highest BCUT2D eigenvalue weighted by Crippen LogP contribution is 2.29. The summed E-state index contributed by atoms with van der Waals surface area (Å²) in [5.74, 6) is -1.49. The zero-order chi connectivity index (χ0) is 27.1. The smallest absolute Gasteiger partial charge is 0.331 e. The summed E-state index contributed by atoms with van der Waals surface area (Å²) in [6.07, 6.45) is 2.40. The second-order valence-corrected chi connectivity index (χ2v) is 11.1. The van der Waals surface area contributed by atoms with Crippen molar-refractivity contribution >= 4 is 17.8 Å². The minimum Gasteiger partial charge on any atom is -0.478 e. The van der Waals surface area contributed by atoms with Gasteiger partial charge in [-0.15, -0.1) is 0 Å². The highest BCUT2D eigenvalue weighted by Gasteiger charge is 2.41. The van der Waals surface area contributed by atoms with E-state index in [0.29, 0.717) is 0 Å². The molecule has 0 bridgehead atoms. The summed E-state index contributed by atoms with van der Waals surface area (Å²) < 4.78 is 0. The van der Waals surface area contributed by atoms with E-state index in [2.05, 4.69) is 10.6 Å². The molecule has 0 aliphatic carbocycles. The highest BCUT2D eigenvalue weighted by atomic mass is 16.4. The fourth-order valence-corrected chi connectivity index (χ4v) is 4.31. The predicted octanol–water partition coefficient (Wildman–Crippen LogP) is 3.99. The van der Waals surface area contributed by atoms with Crippen molar-refractivity contribution in [3.8, 4) is 0 Å². The molecule has 3 N–H and O–H groups in total. The number of carboxylic acid groups (broad SMARTS) is 1. The molecule has 35 heavy (non-hydrogen) atoms. The summed E-state index contributed by atoms with van der Waals surface area (Å²) in [6, 6.07) is 8.02. The van der Waals surface area contributed by atoms with Crippen molar-refractivity contribution < 1.29 is 19.5 Å². The molecule has 0 aliphatic rings. The van der Waals surface area contributed by atoms with Gasteiger partial charge in [-0.25, -0.2) is 4.79 Å². The molecule has 1 aromatic carbocycles. The molecule has 196 valence electrons. The number of amides is 2. The van der Waals surface area contributed by atoms with Crippen LogP contribution in [0.4, 0.5) is 0 Å². The van der Waals surface area contributed by atoms with Crippen LogP contribution in [-0.2, 0) is 19.8 Å². The summed E-state index contributed by atoms with van der Waals surface area (Å²) >= 11 is 0. The van der Waals surface area contributed by atoms with Gasteiger partial charge in [0.25, 0.3) is 0 Å². The Morgan fingerprint density at radius 2 is 1.60 bits per heavy atom. The van der Waals surface area contributed by atoms with E-state index in [9.17, 15) is 19.5 Å². The maximum atomic E-state index is 13.8. The van der Waals surface area contributed by atoms with Crippen LogP contribution in [0.2, 0.25) is 0 Å². The van der Waals surface area contributed by atoms with Gasteiger partial charge in [0, 0.05) is 18.0 Å². The Morgan fingerprint density at radius 1 is 1.06 bits per heavy atom. The summed E-state index contributed by atoms with van der Waals surface area (Å²) in [5, 5.41) is 15.6. The third-order valence-corrected chi connectivity index (χ3v) is 6.97. The molecule has 1 aromatic rings. The van der Waals surface area contributed by atoms with Gasteiger partial charge in [0.15, 0.2) is 0 Å². The second kappa shape index (κ2) is 12.3. The largest absolute Gasteiger partial charge is 0.478 e. The van der Waals surface area contributed by atoms with Crippen molar-refractivity contribution in [2.75, 3.05) is 14.1 Å². The molecule has 0 radical (unpaired) electrons. The zero-order valence-electron chi connectivity index (χ0n) is 23.1. The number of carboxylic acids is 1. The van der Waals surface area contributed by atoms with Crippen LogP contribution in [0.5, 0.6) is 0 Å². The minimum absolute atomic E-state index is 0.0386. The lowest BCUT2D eigenvalue weighted by molar-refractivity contribution is -0.141. The molecule has 4 atom stereocenters. The number of hydrogen-bond acceptors (Lipinski definition) is 4. The number of benzene rings is 1. The number of likely N-dealkylation sites (N-methyl/N-ethyl adjacent to an activating group) is 2. The molecule has 0 saturated heterocycles. The monoisotopic (exact) mass is 487 g/mol. The molecule has 0 aromatic heterocycles. The van der Waals surface area contributed by atoms with E-state index in [4.69, 9.17) is 0 Å². The molecule has 2 amide bonds. The number of carbonyl (C=O) groups excluding carboxylic acids is 2. The number of aliphatic carboxylic acids is 1. The van der Waals surface area contributed by atoms with Gasteiger partial charge in [-0.2, -0.15) is 0 Å². The van der Waals surface area contributed by atoms with Crippen molar-refractivity contribution in [3.05, 3.63) is 47.5 Å². The molecular formula is C28H45N3O4. The number of carbonyl (C=O) groups is 3. The van der Waals surface area contributed by atoms with Crippen molar-refractivity contribution in [1.82, 2.24) is 15.5 Å². The molecule has 7 heteroatoms. The van der Waals surface area contributed by atoms with Gasteiger partial charge in [0.2, 0.25) is 11.8 Å². The van der Waals surface area contributed by atoms with Crippen LogP contribution < -0.4 is 10.6 Å². The number of rotatable bonds is 11. The number of nitrogens with zero attached hydrogens (tertiary/aromatic N) is 1. The lowest BCUT2D eigenvalue weighted by Crippen LogP contribution is -2.61. The van der Waals surface area contributed by atoms with Crippen molar-refractivity contribution in [2.24, 2.45) is 11.3 Å². The summed E-state index contributed by atoms with van der Waals surface area (Å²) in [6.45, 7) is 15.3. The van der Waals surface area contributed by atoms with E-state index in [1.54, 1.807) is 25.1 Å². The van der Waals surface area contributed by atoms with E-state index < -0.39 is 34.9 Å². The number of hydrogen-bond donors (Lipinski definition) is 3. The summed E-state index contributed by atoms with van der Waals surface area (Å²) in [7, 11) is 3.42. The van der Waals surface area contributed by atoms with E-state index in [1.807, 2.05) is 78.8 Å². The molecule has 0 aliphatic heterocycles. The summed E-state index contributed by atoms with van der Waals surface area (Å²) in [4.78, 5) is 40.4. The van der Waals surface area contributed by atoms with E-state index in [-0.39, 0.29) is 23.3 Å². The van der Waals surface area contributed by atoms with Crippen LogP contribution in [0.3, 0.4) is 0 Å². The Kier molecular flexibility index (Phi) is 10.7. The van der Waals surface area contributed by atoms with Gasteiger partial charge >= 0.3 is 5.97 Å².